The van der Waals surface area contributed by atoms with Gasteiger partial charge in [0.15, 0.2) is 0 Å². The molecule has 0 N–H and O–H groups in total. The molecule has 0 spiro atoms. The predicted molar refractivity (Wildman–Crippen MR) is 75.6 cm³/mol. The number of carbonyl (C=O) groups is 5. The Morgan fingerprint density at radius 3 is 1.54 bits per heavy atom. The molecule has 9 heteroatoms. The number of amides is 2. The van der Waals surface area contributed by atoms with Crippen LogP contribution in [0.2, 0.25) is 0 Å². The third-order valence-electron chi connectivity index (χ3n) is 3.19. The van der Waals surface area contributed by atoms with Crippen LogP contribution in [0.3, 0.4) is 0 Å². The summed E-state index contributed by atoms with van der Waals surface area (Å²) in [5.41, 5.74) is -0.399. The van der Waals surface area contributed by atoms with Crippen LogP contribution < -0.4 is 0 Å². The molecule has 0 unspecified atom stereocenters. The van der Waals surface area contributed by atoms with Gasteiger partial charge in [-0.2, -0.15) is 0 Å². The summed E-state index contributed by atoms with van der Waals surface area (Å²) < 4.78 is 9.09. The van der Waals surface area contributed by atoms with Gasteiger partial charge in [0, 0.05) is 12.8 Å². The van der Waals surface area contributed by atoms with Gasteiger partial charge in [0.25, 0.3) is 11.8 Å². The summed E-state index contributed by atoms with van der Waals surface area (Å²) in [6, 6.07) is 3.41. The molecule has 1 aliphatic heterocycles. The molecule has 1 aromatic rings. The average Bonchev–Trinajstić information content (AvgIpc) is 2.91. The second-order valence-electron chi connectivity index (χ2n) is 4.74. The molecule has 1 saturated heterocycles. The average molecular weight is 335 g/mol. The number of hydrogen-bond donors (Lipinski definition) is 0. The van der Waals surface area contributed by atoms with Crippen LogP contribution in [0, 0.1) is 0 Å². The molecule has 1 aromatic carbocycles. The van der Waals surface area contributed by atoms with Crippen molar-refractivity contribution in [3.05, 3.63) is 34.9 Å². The molecule has 2 amide bonds. The Morgan fingerprint density at radius 2 is 1.17 bits per heavy atom. The summed E-state index contributed by atoms with van der Waals surface area (Å²) >= 11 is 0. The molecule has 0 aliphatic carbocycles. The standard InChI is InChI=1S/C15H13NO8/c1-22-13(19)8-5-9(14(20)23-2)7-10(6-8)15(21)24-16-11(17)3-4-12(16)18/h5-7H,3-4H2,1-2H3. The van der Waals surface area contributed by atoms with Crippen molar-refractivity contribution < 1.29 is 38.3 Å². The van der Waals surface area contributed by atoms with E-state index in [2.05, 4.69) is 9.47 Å². The van der Waals surface area contributed by atoms with E-state index in [4.69, 9.17) is 4.84 Å². The van der Waals surface area contributed by atoms with E-state index >= 15 is 0 Å². The largest absolute Gasteiger partial charge is 0.465 e. The molecular formula is C15H13NO8. The SMILES string of the molecule is COC(=O)c1cc(C(=O)OC)cc(C(=O)ON2C(=O)CCC2=O)c1. The Labute approximate surface area is 136 Å². The third kappa shape index (κ3) is 3.40. The number of hydrogen-bond acceptors (Lipinski definition) is 8. The number of hydroxylamine groups is 2. The molecule has 0 radical (unpaired) electrons. The first kappa shape index (κ1) is 17.1. The highest BCUT2D eigenvalue weighted by Crippen LogP contribution is 2.17. The summed E-state index contributed by atoms with van der Waals surface area (Å²) in [4.78, 5) is 63.2. The topological polar surface area (TPSA) is 116 Å². The van der Waals surface area contributed by atoms with Crippen molar-refractivity contribution in [2.75, 3.05) is 14.2 Å². The van der Waals surface area contributed by atoms with Crippen LogP contribution >= 0.6 is 0 Å². The van der Waals surface area contributed by atoms with Crippen LogP contribution in [0.25, 0.3) is 0 Å². The monoisotopic (exact) mass is 335 g/mol. The van der Waals surface area contributed by atoms with Crippen LogP contribution in [0.4, 0.5) is 0 Å². The maximum atomic E-state index is 12.1. The van der Waals surface area contributed by atoms with E-state index in [1.165, 1.54) is 6.07 Å². The minimum absolute atomic E-state index is 0.0538. The van der Waals surface area contributed by atoms with Gasteiger partial charge in [0.2, 0.25) is 0 Å². The van der Waals surface area contributed by atoms with Gasteiger partial charge in [-0.05, 0) is 18.2 Å². The second-order valence-corrected chi connectivity index (χ2v) is 4.74. The van der Waals surface area contributed by atoms with Gasteiger partial charge in [-0.3, -0.25) is 9.59 Å². The first-order valence-electron chi connectivity index (χ1n) is 6.77. The summed E-state index contributed by atoms with van der Waals surface area (Å²) in [5.74, 6) is -3.95. The minimum atomic E-state index is -1.07. The molecule has 9 nitrogen and oxygen atoms in total. The number of esters is 2. The van der Waals surface area contributed by atoms with Gasteiger partial charge in [-0.1, -0.05) is 0 Å². The number of benzene rings is 1. The summed E-state index contributed by atoms with van der Waals surface area (Å²) in [6.07, 6.45) is -0.108. The van der Waals surface area contributed by atoms with E-state index < -0.39 is 29.7 Å². The fourth-order valence-electron chi connectivity index (χ4n) is 2.01. The van der Waals surface area contributed by atoms with Crippen molar-refractivity contribution in [2.24, 2.45) is 0 Å². The third-order valence-corrected chi connectivity index (χ3v) is 3.19. The highest BCUT2D eigenvalue weighted by atomic mass is 16.7. The number of nitrogens with zero attached hydrogens (tertiary/aromatic N) is 1. The molecule has 1 heterocycles. The van der Waals surface area contributed by atoms with Crippen LogP contribution in [0.1, 0.15) is 43.9 Å². The van der Waals surface area contributed by atoms with Gasteiger partial charge in [0.05, 0.1) is 30.9 Å². The molecule has 2 rings (SSSR count). The molecule has 126 valence electrons. The molecule has 0 aromatic heterocycles. The molecule has 0 saturated carbocycles. The smallest absolute Gasteiger partial charge is 0.363 e. The van der Waals surface area contributed by atoms with Crippen LogP contribution in [0.5, 0.6) is 0 Å². The Kier molecular flexibility index (Phi) is 4.93. The number of imide groups is 1. The van der Waals surface area contributed by atoms with E-state index in [0.29, 0.717) is 5.06 Å². The van der Waals surface area contributed by atoms with Gasteiger partial charge < -0.3 is 14.3 Å². The van der Waals surface area contributed by atoms with Gasteiger partial charge >= 0.3 is 17.9 Å². The van der Waals surface area contributed by atoms with Crippen LogP contribution in [-0.2, 0) is 23.9 Å². The quantitative estimate of drug-likeness (QED) is 0.576. The van der Waals surface area contributed by atoms with Crippen molar-refractivity contribution >= 4 is 29.7 Å². The highest BCUT2D eigenvalue weighted by Gasteiger charge is 2.33. The Balaban J connectivity index is 2.35. The number of methoxy groups -OCH3 is 2. The Morgan fingerprint density at radius 1 is 0.792 bits per heavy atom. The lowest BCUT2D eigenvalue weighted by Gasteiger charge is -2.13. The first-order valence-corrected chi connectivity index (χ1v) is 6.77. The number of ether oxygens (including phenoxy) is 2. The van der Waals surface area contributed by atoms with Crippen molar-refractivity contribution in [2.45, 2.75) is 12.8 Å². The van der Waals surface area contributed by atoms with Crippen molar-refractivity contribution in [1.82, 2.24) is 5.06 Å². The van der Waals surface area contributed by atoms with Crippen molar-refractivity contribution in [1.29, 1.82) is 0 Å². The molecule has 1 aliphatic rings. The summed E-state index contributed by atoms with van der Waals surface area (Å²) in [7, 11) is 2.26. The number of rotatable bonds is 4. The second kappa shape index (κ2) is 6.90. The van der Waals surface area contributed by atoms with E-state index in [0.717, 1.165) is 26.4 Å². The molecule has 24 heavy (non-hydrogen) atoms. The summed E-state index contributed by atoms with van der Waals surface area (Å²) in [5, 5.41) is 0.366. The fraction of sp³-hybridized carbons (Fsp3) is 0.267. The number of carbonyl (C=O) groups excluding carboxylic acids is 5. The fourth-order valence-corrected chi connectivity index (χ4v) is 2.01. The minimum Gasteiger partial charge on any atom is -0.465 e. The van der Waals surface area contributed by atoms with Gasteiger partial charge in [0.1, 0.15) is 0 Å². The van der Waals surface area contributed by atoms with Crippen LogP contribution in [-0.4, -0.2) is 49.0 Å². The van der Waals surface area contributed by atoms with Gasteiger partial charge in [-0.15, -0.1) is 5.06 Å². The maximum absolute atomic E-state index is 12.1. The highest BCUT2D eigenvalue weighted by molar-refractivity contribution is 6.04. The lowest BCUT2D eigenvalue weighted by molar-refractivity contribution is -0.172. The molecular weight excluding hydrogens is 322 g/mol. The van der Waals surface area contributed by atoms with E-state index in [1.54, 1.807) is 0 Å². The Hall–Kier alpha value is -3.23. The lowest BCUT2D eigenvalue weighted by Crippen LogP contribution is -2.32. The maximum Gasteiger partial charge on any atom is 0.363 e. The zero-order chi connectivity index (χ0) is 17.9. The molecule has 1 fully saturated rings. The Bertz CT molecular complexity index is 689. The normalized spacial score (nSPS) is 13.7. The molecule has 0 atom stereocenters. The van der Waals surface area contributed by atoms with E-state index in [-0.39, 0.29) is 29.5 Å². The van der Waals surface area contributed by atoms with Crippen molar-refractivity contribution in [3.8, 4) is 0 Å². The zero-order valence-corrected chi connectivity index (χ0v) is 12.9. The first-order chi connectivity index (χ1) is 11.4. The van der Waals surface area contributed by atoms with Crippen molar-refractivity contribution in [3.63, 3.8) is 0 Å². The van der Waals surface area contributed by atoms with E-state index in [9.17, 15) is 24.0 Å². The summed E-state index contributed by atoms with van der Waals surface area (Å²) in [6.45, 7) is 0. The predicted octanol–water partition coefficient (Wildman–Crippen LogP) is 0.481. The zero-order valence-electron chi connectivity index (χ0n) is 12.9. The van der Waals surface area contributed by atoms with E-state index in [1.807, 2.05) is 0 Å². The lowest BCUT2D eigenvalue weighted by atomic mass is 10.1. The molecule has 0 bridgehead atoms. The van der Waals surface area contributed by atoms with Crippen LogP contribution in [0.15, 0.2) is 18.2 Å². The van der Waals surface area contributed by atoms with Gasteiger partial charge in [-0.25, -0.2) is 14.4 Å².